The lowest BCUT2D eigenvalue weighted by atomic mass is 10.2. The van der Waals surface area contributed by atoms with Crippen LogP contribution in [0.2, 0.25) is 5.02 Å². The number of nitrogens with zero attached hydrogens (tertiary/aromatic N) is 1. The monoisotopic (exact) mass is 348 g/mol. The number of rotatable bonds is 5. The first kappa shape index (κ1) is 16.5. The van der Waals surface area contributed by atoms with Crippen LogP contribution in [0.25, 0.3) is 0 Å². The molecule has 1 atom stereocenters. The highest BCUT2D eigenvalue weighted by Gasteiger charge is 2.28. The van der Waals surface area contributed by atoms with Gasteiger partial charge in [-0.15, -0.1) is 0 Å². The molecule has 1 aliphatic rings. The second-order valence-electron chi connectivity index (χ2n) is 4.83. The van der Waals surface area contributed by atoms with E-state index in [0.29, 0.717) is 6.42 Å². The van der Waals surface area contributed by atoms with Crippen molar-refractivity contribution in [2.75, 3.05) is 18.1 Å². The first-order chi connectivity index (χ1) is 10.3. The summed E-state index contributed by atoms with van der Waals surface area (Å²) < 4.78 is 27.7. The summed E-state index contributed by atoms with van der Waals surface area (Å²) in [5.41, 5.74) is -0.182. The van der Waals surface area contributed by atoms with E-state index in [2.05, 4.69) is 5.32 Å². The van der Waals surface area contributed by atoms with Crippen molar-refractivity contribution < 1.29 is 22.9 Å². The Morgan fingerprint density at radius 3 is 2.77 bits per heavy atom. The molecular weight excluding hydrogens is 336 g/mol. The van der Waals surface area contributed by atoms with Crippen molar-refractivity contribution in [3.05, 3.63) is 33.3 Å². The number of non-ortho nitro benzene ring substituents is 1. The van der Waals surface area contributed by atoms with Crippen molar-refractivity contribution >= 4 is 33.0 Å². The number of carbonyl (C=O) groups excluding carboxylic acids is 1. The molecule has 0 bridgehead atoms. The largest absolute Gasteiger partial charge is 0.482 e. The van der Waals surface area contributed by atoms with Gasteiger partial charge in [-0.25, -0.2) is 8.42 Å². The quantitative estimate of drug-likeness (QED) is 0.625. The first-order valence-corrected chi connectivity index (χ1v) is 8.53. The van der Waals surface area contributed by atoms with Gasteiger partial charge in [-0.2, -0.15) is 0 Å². The molecule has 0 radical (unpaired) electrons. The molecule has 1 N–H and O–H groups in total. The molecule has 10 heteroatoms. The van der Waals surface area contributed by atoms with E-state index in [4.69, 9.17) is 16.3 Å². The second-order valence-corrected chi connectivity index (χ2v) is 7.46. The Labute approximate surface area is 131 Å². The summed E-state index contributed by atoms with van der Waals surface area (Å²) in [7, 11) is -3.07. The maximum atomic E-state index is 11.7. The summed E-state index contributed by atoms with van der Waals surface area (Å²) >= 11 is 5.82. The van der Waals surface area contributed by atoms with Gasteiger partial charge >= 0.3 is 0 Å². The van der Waals surface area contributed by atoms with Crippen molar-refractivity contribution in [3.63, 3.8) is 0 Å². The van der Waals surface area contributed by atoms with Crippen LogP contribution in [0.3, 0.4) is 0 Å². The van der Waals surface area contributed by atoms with Crippen LogP contribution in [0.4, 0.5) is 5.69 Å². The number of hydrogen-bond acceptors (Lipinski definition) is 6. The van der Waals surface area contributed by atoms with Gasteiger partial charge in [0.05, 0.1) is 21.5 Å². The maximum absolute atomic E-state index is 11.7. The molecule has 0 saturated carbocycles. The third kappa shape index (κ3) is 4.31. The fourth-order valence-electron chi connectivity index (χ4n) is 2.04. The first-order valence-electron chi connectivity index (χ1n) is 6.33. The number of carbonyl (C=O) groups is 1. The van der Waals surface area contributed by atoms with Crippen molar-refractivity contribution in [2.45, 2.75) is 12.5 Å². The van der Waals surface area contributed by atoms with E-state index in [1.54, 1.807) is 0 Å². The van der Waals surface area contributed by atoms with E-state index < -0.39 is 26.7 Å². The molecular formula is C12H13ClN2O6S. The minimum atomic E-state index is -3.07. The molecule has 0 aromatic heterocycles. The number of hydrogen-bond donors (Lipinski definition) is 1. The van der Waals surface area contributed by atoms with Gasteiger partial charge in [-0.1, -0.05) is 11.6 Å². The molecule has 0 aliphatic carbocycles. The molecule has 1 heterocycles. The fourth-order valence-corrected chi connectivity index (χ4v) is 3.94. The van der Waals surface area contributed by atoms with Gasteiger partial charge in [0, 0.05) is 18.2 Å². The van der Waals surface area contributed by atoms with Crippen molar-refractivity contribution in [2.24, 2.45) is 0 Å². The van der Waals surface area contributed by atoms with Crippen LogP contribution in [-0.2, 0) is 14.6 Å². The lowest BCUT2D eigenvalue weighted by molar-refractivity contribution is -0.384. The van der Waals surface area contributed by atoms with E-state index in [-0.39, 0.29) is 34.6 Å². The average Bonchev–Trinajstić information content (AvgIpc) is 2.76. The lowest BCUT2D eigenvalue weighted by Gasteiger charge is -2.12. The smallest absolute Gasteiger partial charge is 0.271 e. The topological polar surface area (TPSA) is 116 Å². The Hall–Kier alpha value is -1.87. The molecule has 120 valence electrons. The third-order valence-corrected chi connectivity index (χ3v) is 5.15. The fraction of sp³-hybridized carbons (Fsp3) is 0.417. The summed E-state index contributed by atoms with van der Waals surface area (Å²) in [6.45, 7) is -0.353. The number of halogens is 1. The predicted molar refractivity (Wildman–Crippen MR) is 78.8 cm³/mol. The van der Waals surface area contributed by atoms with Gasteiger partial charge in [0.2, 0.25) is 0 Å². The van der Waals surface area contributed by atoms with E-state index in [9.17, 15) is 23.3 Å². The van der Waals surface area contributed by atoms with Crippen molar-refractivity contribution in [1.82, 2.24) is 5.32 Å². The number of nitro groups is 1. The molecule has 8 nitrogen and oxygen atoms in total. The SMILES string of the molecule is O=C(COc1ccc([N+](=O)[O-])cc1Cl)N[C@@H]1CCS(=O)(=O)C1. The molecule has 1 saturated heterocycles. The summed E-state index contributed by atoms with van der Waals surface area (Å²) in [5, 5.41) is 13.1. The molecule has 1 aromatic carbocycles. The van der Waals surface area contributed by atoms with Gasteiger partial charge in [0.15, 0.2) is 16.4 Å². The zero-order valence-electron chi connectivity index (χ0n) is 11.3. The predicted octanol–water partition coefficient (Wildman–Crippen LogP) is 0.930. The number of ether oxygens (including phenoxy) is 1. The highest BCUT2D eigenvalue weighted by Crippen LogP contribution is 2.28. The van der Waals surface area contributed by atoms with E-state index >= 15 is 0 Å². The van der Waals surface area contributed by atoms with Crippen LogP contribution in [0, 0.1) is 10.1 Å². The second kappa shape index (κ2) is 6.49. The van der Waals surface area contributed by atoms with Crippen LogP contribution < -0.4 is 10.1 Å². The Balaban J connectivity index is 1.88. The van der Waals surface area contributed by atoms with Crippen molar-refractivity contribution in [1.29, 1.82) is 0 Å². The summed E-state index contributed by atoms with van der Waals surface area (Å²) in [4.78, 5) is 21.7. The minimum Gasteiger partial charge on any atom is -0.482 e. The standard InChI is InChI=1S/C12H13ClN2O6S/c13-10-5-9(15(17)18)1-2-11(10)21-6-12(16)14-8-3-4-22(19,20)7-8/h1-2,5,8H,3-4,6-7H2,(H,14,16)/t8-/m1/s1. The maximum Gasteiger partial charge on any atom is 0.271 e. The Morgan fingerprint density at radius 1 is 1.50 bits per heavy atom. The average molecular weight is 349 g/mol. The van der Waals surface area contributed by atoms with Crippen molar-refractivity contribution in [3.8, 4) is 5.75 Å². The minimum absolute atomic E-state index is 0.0189. The highest BCUT2D eigenvalue weighted by molar-refractivity contribution is 7.91. The molecule has 1 aromatic rings. The normalized spacial score (nSPS) is 19.6. The molecule has 0 spiro atoms. The lowest BCUT2D eigenvalue weighted by Crippen LogP contribution is -2.38. The molecule has 1 aliphatic heterocycles. The van der Waals surface area contributed by atoms with Gasteiger partial charge < -0.3 is 10.1 Å². The van der Waals surface area contributed by atoms with Gasteiger partial charge in [0.1, 0.15) is 5.75 Å². The van der Waals surface area contributed by atoms with E-state index in [0.717, 1.165) is 6.07 Å². The molecule has 1 fully saturated rings. The number of nitro benzene ring substituents is 1. The molecule has 0 unspecified atom stereocenters. The van der Waals surface area contributed by atoms with E-state index in [1.165, 1.54) is 12.1 Å². The molecule has 1 amide bonds. The van der Waals surface area contributed by atoms with Gasteiger partial charge in [0.25, 0.3) is 11.6 Å². The zero-order chi connectivity index (χ0) is 16.3. The highest BCUT2D eigenvalue weighted by atomic mass is 35.5. The molecule has 22 heavy (non-hydrogen) atoms. The Kier molecular flexibility index (Phi) is 4.87. The summed E-state index contributed by atoms with van der Waals surface area (Å²) in [6.07, 6.45) is 0.381. The number of nitrogens with one attached hydrogen (secondary N) is 1. The number of sulfone groups is 1. The van der Waals surface area contributed by atoms with Crippen LogP contribution in [-0.4, -0.2) is 43.4 Å². The zero-order valence-corrected chi connectivity index (χ0v) is 12.9. The number of benzene rings is 1. The Bertz CT molecular complexity index is 706. The van der Waals surface area contributed by atoms with Crippen LogP contribution in [0.5, 0.6) is 5.75 Å². The summed E-state index contributed by atoms with van der Waals surface area (Å²) in [6, 6.07) is 3.22. The van der Waals surface area contributed by atoms with Crippen LogP contribution in [0.15, 0.2) is 18.2 Å². The van der Waals surface area contributed by atoms with Gasteiger partial charge in [-0.3, -0.25) is 14.9 Å². The summed E-state index contributed by atoms with van der Waals surface area (Å²) in [5.74, 6) is -0.345. The third-order valence-electron chi connectivity index (χ3n) is 3.08. The van der Waals surface area contributed by atoms with Crippen LogP contribution >= 0.6 is 11.6 Å². The molecule has 2 rings (SSSR count). The van der Waals surface area contributed by atoms with Gasteiger partial charge in [-0.05, 0) is 12.5 Å². The van der Waals surface area contributed by atoms with Crippen LogP contribution in [0.1, 0.15) is 6.42 Å². The Morgan fingerprint density at radius 2 is 2.23 bits per heavy atom. The van der Waals surface area contributed by atoms with E-state index in [1.807, 2.05) is 0 Å². The number of amides is 1.